The van der Waals surface area contributed by atoms with Crippen LogP contribution in [0.15, 0.2) is 72.0 Å². The van der Waals surface area contributed by atoms with E-state index in [4.69, 9.17) is 4.99 Å². The van der Waals surface area contributed by atoms with Crippen molar-refractivity contribution in [1.29, 1.82) is 0 Å². The topological polar surface area (TPSA) is 37.6 Å². The maximum Gasteiger partial charge on any atom is 0.259 e. The van der Waals surface area contributed by atoms with Gasteiger partial charge in [0.15, 0.2) is 5.17 Å². The molecule has 1 aromatic heterocycles. The number of aromatic nitrogens is 1. The van der Waals surface area contributed by atoms with Gasteiger partial charge in [0.05, 0.1) is 5.69 Å². The van der Waals surface area contributed by atoms with Gasteiger partial charge in [-0.2, -0.15) is 0 Å². The standard InChI is InChI=1S/C22H21N3OS/c1-16-7-3-4-8-19(16)23-22-25(13-14-27-22)21(26)18-10-9-17(2)20(15-18)24-11-5-6-12-24/h3-12,15H,13-14H2,1-2H3. The molecule has 2 heterocycles. The van der Waals surface area contributed by atoms with Crippen molar-refractivity contribution in [3.05, 3.63) is 83.7 Å². The van der Waals surface area contributed by atoms with Gasteiger partial charge < -0.3 is 4.57 Å². The molecule has 3 aromatic rings. The van der Waals surface area contributed by atoms with E-state index in [1.165, 1.54) is 0 Å². The number of aliphatic imine (C=N–C) groups is 1. The normalized spacial score (nSPS) is 15.5. The van der Waals surface area contributed by atoms with Crippen LogP contribution in [0.25, 0.3) is 5.69 Å². The molecule has 5 heteroatoms. The minimum absolute atomic E-state index is 0.000685. The first kappa shape index (κ1) is 17.6. The first-order valence-electron chi connectivity index (χ1n) is 8.96. The van der Waals surface area contributed by atoms with E-state index in [1.54, 1.807) is 16.7 Å². The highest BCUT2D eigenvalue weighted by Crippen LogP contribution is 2.27. The van der Waals surface area contributed by atoms with Crippen LogP contribution >= 0.6 is 11.8 Å². The molecule has 27 heavy (non-hydrogen) atoms. The maximum absolute atomic E-state index is 13.2. The summed E-state index contributed by atoms with van der Waals surface area (Å²) in [5, 5.41) is 0.775. The van der Waals surface area contributed by atoms with Crippen LogP contribution in [0.3, 0.4) is 0 Å². The fourth-order valence-corrected chi connectivity index (χ4v) is 4.10. The van der Waals surface area contributed by atoms with Crippen molar-refractivity contribution < 1.29 is 4.79 Å². The third kappa shape index (κ3) is 3.55. The molecule has 4 rings (SSSR count). The quantitative estimate of drug-likeness (QED) is 0.648. The number of carbonyl (C=O) groups excluding carboxylic acids is 1. The van der Waals surface area contributed by atoms with Crippen LogP contribution in [0.5, 0.6) is 0 Å². The van der Waals surface area contributed by atoms with E-state index in [0.717, 1.165) is 33.4 Å². The summed E-state index contributed by atoms with van der Waals surface area (Å²) in [5.41, 5.74) is 4.86. The van der Waals surface area contributed by atoms with Gasteiger partial charge in [-0.25, -0.2) is 4.99 Å². The Morgan fingerprint density at radius 1 is 1.00 bits per heavy atom. The lowest BCUT2D eigenvalue weighted by Gasteiger charge is -2.17. The van der Waals surface area contributed by atoms with Crippen LogP contribution in [0, 0.1) is 13.8 Å². The SMILES string of the molecule is Cc1ccccc1N=C1SCCN1C(=O)c1ccc(C)c(-n2cccc2)c1. The molecule has 136 valence electrons. The maximum atomic E-state index is 13.2. The van der Waals surface area contributed by atoms with Gasteiger partial charge in [-0.1, -0.05) is 36.0 Å². The molecule has 1 amide bonds. The van der Waals surface area contributed by atoms with E-state index in [0.29, 0.717) is 12.1 Å². The van der Waals surface area contributed by atoms with Crippen molar-refractivity contribution in [3.8, 4) is 5.69 Å². The third-order valence-electron chi connectivity index (χ3n) is 4.69. The molecule has 0 saturated carbocycles. The number of amides is 1. The summed E-state index contributed by atoms with van der Waals surface area (Å²) in [6.45, 7) is 4.77. The Morgan fingerprint density at radius 3 is 2.56 bits per heavy atom. The Labute approximate surface area is 163 Å². The van der Waals surface area contributed by atoms with Crippen LogP contribution in [0.4, 0.5) is 5.69 Å². The van der Waals surface area contributed by atoms with Gasteiger partial charge in [0.1, 0.15) is 0 Å². The predicted octanol–water partition coefficient (Wildman–Crippen LogP) is 4.97. The molecule has 0 N–H and O–H groups in total. The predicted molar refractivity (Wildman–Crippen MR) is 112 cm³/mol. The first-order chi connectivity index (χ1) is 13.1. The molecular weight excluding hydrogens is 354 g/mol. The van der Waals surface area contributed by atoms with Gasteiger partial charge >= 0.3 is 0 Å². The summed E-state index contributed by atoms with van der Waals surface area (Å²) in [6.07, 6.45) is 3.99. The van der Waals surface area contributed by atoms with E-state index in [2.05, 4.69) is 6.92 Å². The highest BCUT2D eigenvalue weighted by Gasteiger charge is 2.27. The molecule has 0 radical (unpaired) electrons. The van der Waals surface area contributed by atoms with E-state index >= 15 is 0 Å². The fraction of sp³-hybridized carbons (Fsp3) is 0.182. The molecule has 0 unspecified atom stereocenters. The summed E-state index contributed by atoms with van der Waals surface area (Å²) in [7, 11) is 0. The Morgan fingerprint density at radius 2 is 1.78 bits per heavy atom. The number of thioether (sulfide) groups is 1. The van der Waals surface area contributed by atoms with E-state index < -0.39 is 0 Å². The Balaban J connectivity index is 1.66. The van der Waals surface area contributed by atoms with Crippen molar-refractivity contribution in [2.24, 2.45) is 4.99 Å². The Kier molecular flexibility index (Phi) is 4.86. The number of amidine groups is 1. The van der Waals surface area contributed by atoms with Crippen molar-refractivity contribution >= 4 is 28.5 Å². The highest BCUT2D eigenvalue weighted by molar-refractivity contribution is 8.14. The number of rotatable bonds is 3. The van der Waals surface area contributed by atoms with Crippen molar-refractivity contribution in [2.45, 2.75) is 13.8 Å². The third-order valence-corrected chi connectivity index (χ3v) is 5.65. The summed E-state index contributed by atoms with van der Waals surface area (Å²) >= 11 is 1.63. The van der Waals surface area contributed by atoms with Crippen LogP contribution in [0.1, 0.15) is 21.5 Å². The summed E-state index contributed by atoms with van der Waals surface area (Å²) in [6, 6.07) is 17.8. The number of aryl methyl sites for hydroxylation is 2. The summed E-state index contributed by atoms with van der Waals surface area (Å²) < 4.78 is 2.03. The molecule has 0 atom stereocenters. The van der Waals surface area contributed by atoms with Crippen LogP contribution in [0.2, 0.25) is 0 Å². The fourth-order valence-electron chi connectivity index (χ4n) is 3.15. The second kappa shape index (κ2) is 7.45. The van der Waals surface area contributed by atoms with Crippen molar-refractivity contribution in [1.82, 2.24) is 9.47 Å². The smallest absolute Gasteiger partial charge is 0.259 e. The number of hydrogen-bond acceptors (Lipinski definition) is 3. The molecule has 2 aromatic carbocycles. The molecular formula is C22H21N3OS. The van der Waals surface area contributed by atoms with Gasteiger partial charge in [-0.3, -0.25) is 9.69 Å². The zero-order chi connectivity index (χ0) is 18.8. The second-order valence-corrected chi connectivity index (χ2v) is 7.64. The zero-order valence-electron chi connectivity index (χ0n) is 15.4. The van der Waals surface area contributed by atoms with Gasteiger partial charge in [0.2, 0.25) is 0 Å². The lowest BCUT2D eigenvalue weighted by Crippen LogP contribution is -2.31. The van der Waals surface area contributed by atoms with Gasteiger partial charge in [-0.15, -0.1) is 0 Å². The minimum Gasteiger partial charge on any atom is -0.324 e. The number of carbonyl (C=O) groups is 1. The Hall–Kier alpha value is -2.79. The molecule has 1 fully saturated rings. The molecule has 1 saturated heterocycles. The number of nitrogens with zero attached hydrogens (tertiary/aromatic N) is 3. The van der Waals surface area contributed by atoms with Gasteiger partial charge in [0.25, 0.3) is 5.91 Å². The number of hydrogen-bond donors (Lipinski definition) is 0. The highest BCUT2D eigenvalue weighted by atomic mass is 32.2. The molecule has 4 nitrogen and oxygen atoms in total. The van der Waals surface area contributed by atoms with Crippen molar-refractivity contribution in [3.63, 3.8) is 0 Å². The van der Waals surface area contributed by atoms with Crippen LogP contribution < -0.4 is 0 Å². The largest absolute Gasteiger partial charge is 0.324 e. The minimum atomic E-state index is 0.000685. The lowest BCUT2D eigenvalue weighted by molar-refractivity contribution is 0.0859. The van der Waals surface area contributed by atoms with Crippen LogP contribution in [-0.4, -0.2) is 32.8 Å². The van der Waals surface area contributed by atoms with E-state index in [1.807, 2.05) is 78.5 Å². The molecule has 0 spiro atoms. The first-order valence-corrected chi connectivity index (χ1v) is 9.95. The monoisotopic (exact) mass is 375 g/mol. The number of para-hydroxylation sites is 1. The Bertz CT molecular complexity index is 1010. The van der Waals surface area contributed by atoms with Crippen LogP contribution in [-0.2, 0) is 0 Å². The van der Waals surface area contributed by atoms with E-state index in [-0.39, 0.29) is 5.91 Å². The molecule has 1 aliphatic rings. The second-order valence-electron chi connectivity index (χ2n) is 6.58. The summed E-state index contributed by atoms with van der Waals surface area (Å²) in [4.78, 5) is 19.7. The van der Waals surface area contributed by atoms with Gasteiger partial charge in [0, 0.05) is 35.9 Å². The molecule has 1 aliphatic heterocycles. The average molecular weight is 375 g/mol. The molecule has 0 aliphatic carbocycles. The number of benzene rings is 2. The summed E-state index contributed by atoms with van der Waals surface area (Å²) in [5.74, 6) is 0.869. The van der Waals surface area contributed by atoms with Gasteiger partial charge in [-0.05, 0) is 55.3 Å². The molecule has 0 bridgehead atoms. The zero-order valence-corrected chi connectivity index (χ0v) is 16.2. The van der Waals surface area contributed by atoms with Crippen molar-refractivity contribution in [2.75, 3.05) is 12.3 Å². The lowest BCUT2D eigenvalue weighted by atomic mass is 10.1. The average Bonchev–Trinajstić information content (AvgIpc) is 3.35. The van der Waals surface area contributed by atoms with E-state index in [9.17, 15) is 4.79 Å².